The molecule has 8 heteroatoms. The molecule has 0 fully saturated rings. The van der Waals surface area contributed by atoms with Gasteiger partial charge in [0.1, 0.15) is 15.0 Å². The summed E-state index contributed by atoms with van der Waals surface area (Å²) in [7, 11) is 0. The molecule has 0 aliphatic carbocycles. The van der Waals surface area contributed by atoms with Gasteiger partial charge in [0.25, 0.3) is 11.1 Å². The Bertz CT molecular complexity index is 912. The fourth-order valence-electron chi connectivity index (χ4n) is 1.82. The molecule has 6 nitrogen and oxygen atoms in total. The molecule has 0 aromatic carbocycles. The van der Waals surface area contributed by atoms with Crippen molar-refractivity contribution in [2.75, 3.05) is 0 Å². The molecule has 0 saturated carbocycles. The predicted molar refractivity (Wildman–Crippen MR) is 80.3 cm³/mol. The van der Waals surface area contributed by atoms with E-state index in [1.54, 1.807) is 13.0 Å². The number of hydrogen-bond donors (Lipinski definition) is 1. The lowest BCUT2D eigenvalue weighted by molar-refractivity contribution is 0.689. The van der Waals surface area contributed by atoms with Gasteiger partial charge in [0, 0.05) is 0 Å². The van der Waals surface area contributed by atoms with E-state index in [0.29, 0.717) is 26.2 Å². The van der Waals surface area contributed by atoms with E-state index < -0.39 is 0 Å². The Kier molecular flexibility index (Phi) is 3.27. The van der Waals surface area contributed by atoms with Crippen molar-refractivity contribution in [2.24, 2.45) is 0 Å². The van der Waals surface area contributed by atoms with Gasteiger partial charge in [-0.05, 0) is 34.3 Å². The molecule has 102 valence electrons. The first-order chi connectivity index (χ1) is 9.56. The summed E-state index contributed by atoms with van der Waals surface area (Å²) in [6.07, 6.45) is 1.44. The molecule has 3 aromatic heterocycles. The number of nitrogens with zero attached hydrogens (tertiary/aromatic N) is 3. The van der Waals surface area contributed by atoms with E-state index in [4.69, 9.17) is 0 Å². The summed E-state index contributed by atoms with van der Waals surface area (Å²) in [5.41, 5.74) is 0.875. The van der Waals surface area contributed by atoms with Crippen molar-refractivity contribution in [3.05, 3.63) is 54.5 Å². The summed E-state index contributed by atoms with van der Waals surface area (Å²) < 4.78 is 2.40. The Hall–Kier alpha value is -1.80. The molecule has 0 aliphatic heterocycles. The average Bonchev–Trinajstić information content (AvgIpc) is 2.88. The molecule has 0 bridgehead atoms. The highest BCUT2D eigenvalue weighted by molar-refractivity contribution is 9.10. The zero-order valence-corrected chi connectivity index (χ0v) is 12.8. The van der Waals surface area contributed by atoms with Crippen molar-refractivity contribution in [1.82, 2.24) is 19.5 Å². The van der Waals surface area contributed by atoms with Gasteiger partial charge in [-0.15, -0.1) is 11.3 Å². The first-order valence-corrected chi connectivity index (χ1v) is 7.41. The minimum Gasteiger partial charge on any atom is -0.308 e. The number of fused-ring (bicyclic) bond motifs is 1. The Morgan fingerprint density at radius 2 is 2.25 bits per heavy atom. The number of H-pyrrole nitrogens is 1. The molecular formula is C12H9BrN4O2S. The third kappa shape index (κ3) is 2.20. The van der Waals surface area contributed by atoms with E-state index in [1.807, 2.05) is 5.38 Å². The second-order valence-corrected chi connectivity index (χ2v) is 5.93. The molecule has 1 N–H and O–H groups in total. The summed E-state index contributed by atoms with van der Waals surface area (Å²) in [6, 6.07) is 1.78. The number of aromatic amines is 1. The molecule has 3 heterocycles. The zero-order chi connectivity index (χ0) is 14.3. The quantitative estimate of drug-likeness (QED) is 0.760. The molecule has 3 aromatic rings. The van der Waals surface area contributed by atoms with Crippen molar-refractivity contribution in [3.8, 4) is 0 Å². The van der Waals surface area contributed by atoms with Gasteiger partial charge in [0.2, 0.25) is 0 Å². The van der Waals surface area contributed by atoms with Crippen LogP contribution >= 0.6 is 27.3 Å². The van der Waals surface area contributed by atoms with Gasteiger partial charge in [-0.1, -0.05) is 0 Å². The second-order valence-electron chi connectivity index (χ2n) is 4.22. The van der Waals surface area contributed by atoms with Crippen LogP contribution in [0.15, 0.2) is 31.8 Å². The van der Waals surface area contributed by atoms with Crippen LogP contribution in [-0.2, 0) is 6.54 Å². The van der Waals surface area contributed by atoms with Crippen LogP contribution in [0, 0.1) is 6.92 Å². The largest absolute Gasteiger partial charge is 0.308 e. The highest BCUT2D eigenvalue weighted by Crippen LogP contribution is 2.14. The lowest BCUT2D eigenvalue weighted by atomic mass is 10.4. The molecule has 0 aliphatic rings. The molecule has 0 unspecified atom stereocenters. The minimum atomic E-state index is -0.203. The number of nitrogens with one attached hydrogen (secondary N) is 1. The maximum absolute atomic E-state index is 12.1. The van der Waals surface area contributed by atoms with Gasteiger partial charge in [-0.25, -0.2) is 9.97 Å². The number of rotatable bonds is 2. The monoisotopic (exact) mass is 352 g/mol. The standard InChI is InChI=1S/C12H9BrN4O2S/c1-6-9(13)12(19)17(5-14-6)4-8-15-7-2-3-20-10(7)11(18)16-8/h2-3,5H,4H2,1H3,(H,15,16,18). The molecule has 3 rings (SSSR count). The van der Waals surface area contributed by atoms with Crippen molar-refractivity contribution in [1.29, 1.82) is 0 Å². The van der Waals surface area contributed by atoms with Crippen molar-refractivity contribution < 1.29 is 0 Å². The smallest absolute Gasteiger partial charge is 0.268 e. The molecule has 0 atom stereocenters. The molecule has 0 spiro atoms. The Morgan fingerprint density at radius 1 is 1.45 bits per heavy atom. The van der Waals surface area contributed by atoms with Crippen LogP contribution in [-0.4, -0.2) is 19.5 Å². The molecule has 0 amide bonds. The summed E-state index contributed by atoms with van der Waals surface area (Å²) in [5.74, 6) is 0.431. The third-order valence-electron chi connectivity index (χ3n) is 2.84. The van der Waals surface area contributed by atoms with Crippen LogP contribution in [0.1, 0.15) is 11.5 Å². The Morgan fingerprint density at radius 3 is 3.05 bits per heavy atom. The number of aryl methyl sites for hydroxylation is 1. The van der Waals surface area contributed by atoms with Crippen LogP contribution in [0.25, 0.3) is 10.2 Å². The van der Waals surface area contributed by atoms with Crippen LogP contribution in [0.5, 0.6) is 0 Å². The lowest BCUT2D eigenvalue weighted by Gasteiger charge is -2.06. The summed E-state index contributed by atoms with van der Waals surface area (Å²) in [6.45, 7) is 1.92. The van der Waals surface area contributed by atoms with E-state index in [0.717, 1.165) is 0 Å². The highest BCUT2D eigenvalue weighted by atomic mass is 79.9. The van der Waals surface area contributed by atoms with Gasteiger partial charge in [0.15, 0.2) is 0 Å². The maximum Gasteiger partial charge on any atom is 0.268 e. The first kappa shape index (κ1) is 13.2. The number of halogens is 1. The van der Waals surface area contributed by atoms with Crippen molar-refractivity contribution >= 4 is 37.5 Å². The number of hydrogen-bond acceptors (Lipinski definition) is 5. The SMILES string of the molecule is Cc1ncn(Cc2nc3ccsc3c(=O)[nH]2)c(=O)c1Br. The lowest BCUT2D eigenvalue weighted by Crippen LogP contribution is -2.24. The Balaban J connectivity index is 2.08. The fraction of sp³-hybridized carbons (Fsp3) is 0.167. The van der Waals surface area contributed by atoms with Crippen LogP contribution in [0.2, 0.25) is 0 Å². The van der Waals surface area contributed by atoms with E-state index in [9.17, 15) is 9.59 Å². The van der Waals surface area contributed by atoms with Gasteiger partial charge in [-0.2, -0.15) is 0 Å². The van der Waals surface area contributed by atoms with Crippen molar-refractivity contribution in [2.45, 2.75) is 13.5 Å². The highest BCUT2D eigenvalue weighted by Gasteiger charge is 2.09. The fourth-order valence-corrected chi connectivity index (χ4v) is 2.87. The molecule has 0 saturated heterocycles. The third-order valence-corrected chi connectivity index (χ3v) is 4.66. The van der Waals surface area contributed by atoms with E-state index in [2.05, 4.69) is 30.9 Å². The normalized spacial score (nSPS) is 11.1. The van der Waals surface area contributed by atoms with E-state index in [-0.39, 0.29) is 17.7 Å². The van der Waals surface area contributed by atoms with Crippen molar-refractivity contribution in [3.63, 3.8) is 0 Å². The van der Waals surface area contributed by atoms with Crippen LogP contribution < -0.4 is 11.1 Å². The van der Waals surface area contributed by atoms with Gasteiger partial charge >= 0.3 is 0 Å². The minimum absolute atomic E-state index is 0.172. The second kappa shape index (κ2) is 4.95. The zero-order valence-electron chi connectivity index (χ0n) is 10.4. The summed E-state index contributed by atoms with van der Waals surface area (Å²) >= 11 is 4.55. The summed E-state index contributed by atoms with van der Waals surface area (Å²) in [4.78, 5) is 35.0. The van der Waals surface area contributed by atoms with Gasteiger partial charge in [-0.3, -0.25) is 14.2 Å². The maximum atomic E-state index is 12.1. The van der Waals surface area contributed by atoms with Gasteiger partial charge in [0.05, 0.1) is 24.1 Å². The van der Waals surface area contributed by atoms with E-state index >= 15 is 0 Å². The summed E-state index contributed by atoms with van der Waals surface area (Å²) in [5, 5.41) is 1.81. The van der Waals surface area contributed by atoms with E-state index in [1.165, 1.54) is 22.2 Å². The predicted octanol–water partition coefficient (Wildman–Crippen LogP) is 1.66. The molecule has 20 heavy (non-hydrogen) atoms. The Labute approximate surface area is 125 Å². The van der Waals surface area contributed by atoms with Crippen LogP contribution in [0.3, 0.4) is 0 Å². The average molecular weight is 353 g/mol. The van der Waals surface area contributed by atoms with Gasteiger partial charge < -0.3 is 4.98 Å². The number of aromatic nitrogens is 4. The van der Waals surface area contributed by atoms with Crippen LogP contribution in [0.4, 0.5) is 0 Å². The number of thiophene rings is 1. The molecule has 0 radical (unpaired) electrons. The molecular weight excluding hydrogens is 344 g/mol. The topological polar surface area (TPSA) is 80.6 Å². The first-order valence-electron chi connectivity index (χ1n) is 5.74.